The third kappa shape index (κ3) is 3.45. The molecule has 1 rings (SSSR count). The van der Waals surface area contributed by atoms with Crippen LogP contribution < -0.4 is 10.2 Å². The maximum absolute atomic E-state index is 5.73. The minimum Gasteiger partial charge on any atom is -0.406 e. The standard InChI is InChI=1S/C13H26N4O/c1-7-9-14-10(3)11-15-16-12(18-11)17(6)13(4,5)8-2/h10,14H,7-9H2,1-6H3. The van der Waals surface area contributed by atoms with Crippen LogP contribution in [0.5, 0.6) is 0 Å². The van der Waals surface area contributed by atoms with Crippen molar-refractivity contribution in [1.29, 1.82) is 0 Å². The van der Waals surface area contributed by atoms with Gasteiger partial charge in [0.05, 0.1) is 6.04 Å². The molecule has 0 aliphatic heterocycles. The second kappa shape index (κ2) is 6.18. The molecule has 0 fully saturated rings. The van der Waals surface area contributed by atoms with Gasteiger partial charge in [-0.2, -0.15) is 0 Å². The van der Waals surface area contributed by atoms with E-state index in [2.05, 4.69) is 43.2 Å². The van der Waals surface area contributed by atoms with Crippen LogP contribution in [0.4, 0.5) is 6.01 Å². The fraction of sp³-hybridized carbons (Fsp3) is 0.846. The zero-order valence-corrected chi connectivity index (χ0v) is 12.4. The summed E-state index contributed by atoms with van der Waals surface area (Å²) in [6.07, 6.45) is 2.11. The first-order chi connectivity index (χ1) is 8.42. The summed E-state index contributed by atoms with van der Waals surface area (Å²) in [5.41, 5.74) is 0.0177. The first-order valence-electron chi connectivity index (χ1n) is 6.73. The minimum absolute atomic E-state index is 0.0177. The molecule has 5 heteroatoms. The van der Waals surface area contributed by atoms with E-state index in [9.17, 15) is 0 Å². The number of rotatable bonds is 7. The summed E-state index contributed by atoms with van der Waals surface area (Å²) >= 11 is 0. The second-order valence-corrected chi connectivity index (χ2v) is 5.32. The fourth-order valence-corrected chi connectivity index (χ4v) is 1.48. The Bertz CT molecular complexity index is 362. The van der Waals surface area contributed by atoms with Gasteiger partial charge in [-0.15, -0.1) is 5.10 Å². The van der Waals surface area contributed by atoms with Gasteiger partial charge in [-0.1, -0.05) is 18.9 Å². The molecule has 0 radical (unpaired) electrons. The van der Waals surface area contributed by atoms with Crippen LogP contribution in [0.3, 0.4) is 0 Å². The molecule has 0 spiro atoms. The largest absolute Gasteiger partial charge is 0.406 e. The highest BCUT2D eigenvalue weighted by Gasteiger charge is 2.26. The van der Waals surface area contributed by atoms with Crippen molar-refractivity contribution in [3.8, 4) is 0 Å². The summed E-state index contributed by atoms with van der Waals surface area (Å²) in [7, 11) is 1.99. The van der Waals surface area contributed by atoms with Crippen LogP contribution in [-0.2, 0) is 0 Å². The average Bonchev–Trinajstić information content (AvgIpc) is 2.84. The number of anilines is 1. The van der Waals surface area contributed by atoms with Crippen molar-refractivity contribution in [2.75, 3.05) is 18.5 Å². The SMILES string of the molecule is CCCNC(C)c1nnc(N(C)C(C)(C)CC)o1. The van der Waals surface area contributed by atoms with E-state index in [4.69, 9.17) is 4.42 Å². The van der Waals surface area contributed by atoms with Crippen LogP contribution in [0.2, 0.25) is 0 Å². The molecule has 1 N–H and O–H groups in total. The molecule has 0 saturated heterocycles. The van der Waals surface area contributed by atoms with Crippen molar-refractivity contribution < 1.29 is 4.42 Å². The molecule has 0 aliphatic rings. The quantitative estimate of drug-likeness (QED) is 0.811. The van der Waals surface area contributed by atoms with Crippen molar-refractivity contribution in [2.45, 2.75) is 59.0 Å². The number of aromatic nitrogens is 2. The molecule has 0 aromatic carbocycles. The Labute approximate surface area is 110 Å². The van der Waals surface area contributed by atoms with Crippen molar-refractivity contribution in [3.05, 3.63) is 5.89 Å². The van der Waals surface area contributed by atoms with E-state index >= 15 is 0 Å². The Morgan fingerprint density at radius 3 is 2.56 bits per heavy atom. The molecule has 1 aromatic heterocycles. The summed E-state index contributed by atoms with van der Waals surface area (Å²) in [6, 6.07) is 0.686. The van der Waals surface area contributed by atoms with Crippen LogP contribution in [0.1, 0.15) is 59.4 Å². The smallest absolute Gasteiger partial charge is 0.318 e. The first kappa shape index (κ1) is 15.0. The lowest BCUT2D eigenvalue weighted by molar-refractivity contribution is 0.386. The lowest BCUT2D eigenvalue weighted by Crippen LogP contribution is -2.40. The summed E-state index contributed by atoms with van der Waals surface area (Å²) < 4.78 is 5.73. The second-order valence-electron chi connectivity index (χ2n) is 5.32. The van der Waals surface area contributed by atoms with Crippen LogP contribution in [-0.4, -0.2) is 29.3 Å². The Morgan fingerprint density at radius 2 is 2.00 bits per heavy atom. The number of hydrogen-bond donors (Lipinski definition) is 1. The molecule has 1 aromatic rings. The van der Waals surface area contributed by atoms with Crippen molar-refractivity contribution in [1.82, 2.24) is 15.5 Å². The van der Waals surface area contributed by atoms with Crippen LogP contribution in [0.15, 0.2) is 4.42 Å². The fourth-order valence-electron chi connectivity index (χ4n) is 1.48. The Kier molecular flexibility index (Phi) is 5.14. The van der Waals surface area contributed by atoms with E-state index < -0.39 is 0 Å². The topological polar surface area (TPSA) is 54.2 Å². The van der Waals surface area contributed by atoms with Gasteiger partial charge in [0.1, 0.15) is 0 Å². The molecule has 0 amide bonds. The molecule has 0 bridgehead atoms. The summed E-state index contributed by atoms with van der Waals surface area (Å²) in [5.74, 6) is 0.650. The molecule has 5 nitrogen and oxygen atoms in total. The molecule has 104 valence electrons. The van der Waals surface area contributed by atoms with Crippen molar-refractivity contribution in [3.63, 3.8) is 0 Å². The normalized spacial score (nSPS) is 13.7. The molecule has 18 heavy (non-hydrogen) atoms. The van der Waals surface area contributed by atoms with Gasteiger partial charge in [-0.25, -0.2) is 0 Å². The number of nitrogens with zero attached hydrogens (tertiary/aromatic N) is 3. The highest BCUT2D eigenvalue weighted by Crippen LogP contribution is 2.24. The zero-order chi connectivity index (χ0) is 13.8. The maximum Gasteiger partial charge on any atom is 0.318 e. The van der Waals surface area contributed by atoms with Gasteiger partial charge in [0, 0.05) is 12.6 Å². The van der Waals surface area contributed by atoms with Crippen molar-refractivity contribution in [2.24, 2.45) is 0 Å². The van der Waals surface area contributed by atoms with Crippen LogP contribution >= 0.6 is 0 Å². The van der Waals surface area contributed by atoms with Gasteiger partial charge in [0.2, 0.25) is 5.89 Å². The molecule has 0 aliphatic carbocycles. The van der Waals surface area contributed by atoms with E-state index in [0.29, 0.717) is 11.9 Å². The van der Waals surface area contributed by atoms with Crippen molar-refractivity contribution >= 4 is 6.01 Å². The van der Waals surface area contributed by atoms with E-state index in [1.165, 1.54) is 0 Å². The van der Waals surface area contributed by atoms with Crippen LogP contribution in [0.25, 0.3) is 0 Å². The van der Waals surface area contributed by atoms with Gasteiger partial charge in [0.15, 0.2) is 0 Å². The highest BCUT2D eigenvalue weighted by molar-refractivity contribution is 5.27. The number of nitrogens with one attached hydrogen (secondary N) is 1. The highest BCUT2D eigenvalue weighted by atomic mass is 16.4. The lowest BCUT2D eigenvalue weighted by Gasteiger charge is -2.33. The van der Waals surface area contributed by atoms with Gasteiger partial charge in [-0.05, 0) is 40.2 Å². The molecule has 0 saturated carbocycles. The Balaban J connectivity index is 2.74. The Hall–Kier alpha value is -1.10. The molecular weight excluding hydrogens is 228 g/mol. The lowest BCUT2D eigenvalue weighted by atomic mass is 10.0. The third-order valence-electron chi connectivity index (χ3n) is 3.56. The molecule has 1 unspecified atom stereocenters. The van der Waals surface area contributed by atoms with Gasteiger partial charge >= 0.3 is 6.01 Å². The summed E-state index contributed by atoms with van der Waals surface area (Å²) in [5, 5.41) is 11.6. The van der Waals surface area contributed by atoms with Gasteiger partial charge in [-0.3, -0.25) is 0 Å². The summed E-state index contributed by atoms with van der Waals surface area (Å²) in [4.78, 5) is 2.04. The van der Waals surface area contributed by atoms with E-state index in [1.807, 2.05) is 18.9 Å². The van der Waals surface area contributed by atoms with Gasteiger partial charge < -0.3 is 14.6 Å². The zero-order valence-electron chi connectivity index (χ0n) is 12.4. The molecular formula is C13H26N4O. The molecule has 1 atom stereocenters. The molecule has 1 heterocycles. The predicted molar refractivity (Wildman–Crippen MR) is 73.8 cm³/mol. The summed E-state index contributed by atoms with van der Waals surface area (Å²) in [6.45, 7) is 11.6. The van der Waals surface area contributed by atoms with Gasteiger partial charge in [0.25, 0.3) is 0 Å². The maximum atomic E-state index is 5.73. The third-order valence-corrected chi connectivity index (χ3v) is 3.56. The monoisotopic (exact) mass is 254 g/mol. The predicted octanol–water partition coefficient (Wildman–Crippen LogP) is 2.76. The van der Waals surface area contributed by atoms with E-state index in [-0.39, 0.29) is 11.6 Å². The minimum atomic E-state index is 0.0177. The van der Waals surface area contributed by atoms with Crippen LogP contribution in [0, 0.1) is 0 Å². The number of hydrogen-bond acceptors (Lipinski definition) is 5. The Morgan fingerprint density at radius 1 is 1.33 bits per heavy atom. The first-order valence-corrected chi connectivity index (χ1v) is 6.73. The average molecular weight is 254 g/mol. The van der Waals surface area contributed by atoms with E-state index in [0.717, 1.165) is 19.4 Å². The van der Waals surface area contributed by atoms with E-state index in [1.54, 1.807) is 0 Å².